The Labute approximate surface area is 148 Å². The van der Waals surface area contributed by atoms with E-state index in [1.54, 1.807) is 12.1 Å². The fourth-order valence-electron chi connectivity index (χ4n) is 2.10. The van der Waals surface area contributed by atoms with Crippen molar-refractivity contribution in [2.75, 3.05) is 14.2 Å². The van der Waals surface area contributed by atoms with Gasteiger partial charge in [0.05, 0.1) is 12.0 Å². The summed E-state index contributed by atoms with van der Waals surface area (Å²) in [5, 5.41) is 10.9. The Balaban J connectivity index is 2.44. The zero-order valence-corrected chi connectivity index (χ0v) is 15.4. The van der Waals surface area contributed by atoms with E-state index in [0.29, 0.717) is 0 Å². The maximum Gasteiger partial charge on any atom is 0.271 e. The van der Waals surface area contributed by atoms with E-state index in [2.05, 4.69) is 15.9 Å². The highest BCUT2D eigenvalue weighted by molar-refractivity contribution is 9.10. The second-order valence-corrected chi connectivity index (χ2v) is 7.81. The van der Waals surface area contributed by atoms with E-state index in [4.69, 9.17) is 4.74 Å². The standard InChI is InChI=1S/C15H15BrN2O5S/c1-17(10-11-5-3-4-6-13(11)16)24(21,22)15-9-12(18(19)20)7-8-14(15)23-2/h3-9H,10H2,1-2H3. The molecule has 0 saturated heterocycles. The van der Waals surface area contributed by atoms with Crippen LogP contribution in [0.5, 0.6) is 5.75 Å². The molecule has 2 rings (SSSR count). The average molecular weight is 415 g/mol. The Morgan fingerprint density at radius 2 is 1.92 bits per heavy atom. The van der Waals surface area contributed by atoms with Gasteiger partial charge in [-0.1, -0.05) is 34.1 Å². The van der Waals surface area contributed by atoms with E-state index in [1.165, 1.54) is 26.3 Å². The number of sulfonamides is 1. The molecule has 2 aromatic rings. The van der Waals surface area contributed by atoms with Crippen molar-refractivity contribution < 1.29 is 18.1 Å². The van der Waals surface area contributed by atoms with Crippen molar-refractivity contribution in [2.24, 2.45) is 0 Å². The van der Waals surface area contributed by atoms with E-state index in [9.17, 15) is 18.5 Å². The van der Waals surface area contributed by atoms with Crippen LogP contribution in [0.4, 0.5) is 5.69 Å². The van der Waals surface area contributed by atoms with Crippen LogP contribution in [0.1, 0.15) is 5.56 Å². The van der Waals surface area contributed by atoms with Crippen LogP contribution >= 0.6 is 15.9 Å². The fourth-order valence-corrected chi connectivity index (χ4v) is 3.83. The van der Waals surface area contributed by atoms with Crippen LogP contribution < -0.4 is 4.74 Å². The number of nitro groups is 1. The highest BCUT2D eigenvalue weighted by Crippen LogP contribution is 2.31. The molecule has 0 aliphatic rings. The van der Waals surface area contributed by atoms with Crippen LogP contribution in [-0.2, 0) is 16.6 Å². The molecule has 0 radical (unpaired) electrons. The Bertz CT molecular complexity index is 870. The third kappa shape index (κ3) is 3.74. The van der Waals surface area contributed by atoms with Crippen molar-refractivity contribution in [2.45, 2.75) is 11.4 Å². The summed E-state index contributed by atoms with van der Waals surface area (Å²) in [6.45, 7) is 0.107. The lowest BCUT2D eigenvalue weighted by atomic mass is 10.2. The molecule has 0 atom stereocenters. The first-order valence-corrected chi connectivity index (χ1v) is 9.03. The minimum atomic E-state index is -3.97. The summed E-state index contributed by atoms with van der Waals surface area (Å²) in [5.41, 5.74) is 0.455. The number of rotatable bonds is 6. The molecule has 0 heterocycles. The van der Waals surface area contributed by atoms with Crippen LogP contribution in [0.3, 0.4) is 0 Å². The molecule has 0 N–H and O–H groups in total. The molecule has 0 amide bonds. The van der Waals surface area contributed by atoms with Gasteiger partial charge in [-0.2, -0.15) is 4.31 Å². The third-order valence-electron chi connectivity index (χ3n) is 3.40. The van der Waals surface area contributed by atoms with Crippen molar-refractivity contribution in [1.82, 2.24) is 4.31 Å². The number of hydrogen-bond donors (Lipinski definition) is 0. The van der Waals surface area contributed by atoms with Gasteiger partial charge in [-0.3, -0.25) is 10.1 Å². The molecule has 0 unspecified atom stereocenters. The minimum absolute atomic E-state index is 0.0552. The molecular weight excluding hydrogens is 400 g/mol. The summed E-state index contributed by atoms with van der Waals surface area (Å²) in [6, 6.07) is 10.7. The molecule has 24 heavy (non-hydrogen) atoms. The van der Waals surface area contributed by atoms with Gasteiger partial charge in [0.2, 0.25) is 10.0 Å². The Morgan fingerprint density at radius 3 is 2.50 bits per heavy atom. The maximum absolute atomic E-state index is 12.8. The van der Waals surface area contributed by atoms with Crippen LogP contribution in [0.25, 0.3) is 0 Å². The van der Waals surface area contributed by atoms with Crippen molar-refractivity contribution in [1.29, 1.82) is 0 Å². The molecule has 0 aliphatic carbocycles. The zero-order chi connectivity index (χ0) is 17.9. The number of hydrogen-bond acceptors (Lipinski definition) is 5. The first kappa shape index (κ1) is 18.4. The molecule has 0 aliphatic heterocycles. The van der Waals surface area contributed by atoms with E-state index in [-0.39, 0.29) is 22.9 Å². The average Bonchev–Trinajstić information content (AvgIpc) is 2.56. The topological polar surface area (TPSA) is 89.7 Å². The summed E-state index contributed by atoms with van der Waals surface area (Å²) in [5.74, 6) is 0.0552. The zero-order valence-electron chi connectivity index (χ0n) is 13.0. The van der Waals surface area contributed by atoms with E-state index < -0.39 is 14.9 Å². The van der Waals surface area contributed by atoms with Crippen LogP contribution in [-0.4, -0.2) is 31.8 Å². The highest BCUT2D eigenvalue weighted by atomic mass is 79.9. The Morgan fingerprint density at radius 1 is 1.25 bits per heavy atom. The summed E-state index contributed by atoms with van der Waals surface area (Å²) in [7, 11) is -1.25. The molecule has 2 aromatic carbocycles. The smallest absolute Gasteiger partial charge is 0.271 e. The third-order valence-corrected chi connectivity index (χ3v) is 6.00. The molecule has 0 aromatic heterocycles. The second kappa shape index (κ2) is 7.29. The van der Waals surface area contributed by atoms with Gasteiger partial charge < -0.3 is 4.74 Å². The number of non-ortho nitro benzene ring substituents is 1. The summed E-state index contributed by atoms with van der Waals surface area (Å²) in [4.78, 5) is 10.0. The summed E-state index contributed by atoms with van der Waals surface area (Å²) in [6.07, 6.45) is 0. The predicted octanol–water partition coefficient (Wildman–Crippen LogP) is 3.19. The number of benzene rings is 2. The molecule has 0 fully saturated rings. The van der Waals surface area contributed by atoms with Gasteiger partial charge in [0.1, 0.15) is 10.6 Å². The number of nitrogens with zero attached hydrogens (tertiary/aromatic N) is 2. The van der Waals surface area contributed by atoms with Gasteiger partial charge >= 0.3 is 0 Å². The Kier molecular flexibility index (Phi) is 5.58. The predicted molar refractivity (Wildman–Crippen MR) is 92.4 cm³/mol. The number of methoxy groups -OCH3 is 1. The van der Waals surface area contributed by atoms with E-state index >= 15 is 0 Å². The van der Waals surface area contributed by atoms with Gasteiger partial charge in [-0.25, -0.2) is 8.42 Å². The molecular formula is C15H15BrN2O5S. The van der Waals surface area contributed by atoms with Crippen LogP contribution in [0.2, 0.25) is 0 Å². The summed E-state index contributed by atoms with van der Waals surface area (Å²) >= 11 is 3.37. The lowest BCUT2D eigenvalue weighted by Crippen LogP contribution is -2.27. The van der Waals surface area contributed by atoms with Crippen molar-refractivity contribution >= 4 is 31.6 Å². The first-order chi connectivity index (χ1) is 11.3. The Hall–Kier alpha value is -1.97. The van der Waals surface area contributed by atoms with Crippen molar-refractivity contribution in [3.63, 3.8) is 0 Å². The lowest BCUT2D eigenvalue weighted by Gasteiger charge is -2.19. The minimum Gasteiger partial charge on any atom is -0.495 e. The molecule has 0 saturated carbocycles. The van der Waals surface area contributed by atoms with Gasteiger partial charge in [0.25, 0.3) is 5.69 Å². The van der Waals surface area contributed by atoms with Gasteiger partial charge in [0, 0.05) is 30.2 Å². The highest BCUT2D eigenvalue weighted by Gasteiger charge is 2.27. The molecule has 0 bridgehead atoms. The monoisotopic (exact) mass is 414 g/mol. The SMILES string of the molecule is COc1ccc([N+](=O)[O-])cc1S(=O)(=O)N(C)Cc1ccccc1Br. The second-order valence-electron chi connectivity index (χ2n) is 4.94. The fraction of sp³-hybridized carbons (Fsp3) is 0.200. The quantitative estimate of drug-likeness (QED) is 0.534. The lowest BCUT2D eigenvalue weighted by molar-refractivity contribution is -0.385. The van der Waals surface area contributed by atoms with Crippen LogP contribution in [0, 0.1) is 10.1 Å². The number of ether oxygens (including phenoxy) is 1. The normalized spacial score (nSPS) is 11.5. The van der Waals surface area contributed by atoms with Gasteiger partial charge in [-0.15, -0.1) is 0 Å². The van der Waals surface area contributed by atoms with E-state index in [1.807, 2.05) is 12.1 Å². The van der Waals surface area contributed by atoms with Crippen molar-refractivity contribution in [3.05, 3.63) is 62.6 Å². The maximum atomic E-state index is 12.8. The van der Waals surface area contributed by atoms with Gasteiger partial charge in [-0.05, 0) is 17.7 Å². The number of halogens is 1. The van der Waals surface area contributed by atoms with Crippen molar-refractivity contribution in [3.8, 4) is 5.75 Å². The van der Waals surface area contributed by atoms with Gasteiger partial charge in [0.15, 0.2) is 0 Å². The largest absolute Gasteiger partial charge is 0.495 e. The molecule has 128 valence electrons. The molecule has 0 spiro atoms. The summed E-state index contributed by atoms with van der Waals surface area (Å²) < 4.78 is 32.6. The molecule has 9 heteroatoms. The van der Waals surface area contributed by atoms with E-state index in [0.717, 1.165) is 20.4 Å². The first-order valence-electron chi connectivity index (χ1n) is 6.79. The molecule has 7 nitrogen and oxygen atoms in total. The number of nitro benzene ring substituents is 1. The van der Waals surface area contributed by atoms with Crippen LogP contribution in [0.15, 0.2) is 51.8 Å².